The van der Waals surface area contributed by atoms with E-state index in [4.69, 9.17) is 0 Å². The van der Waals surface area contributed by atoms with E-state index >= 15 is 0 Å². The van der Waals surface area contributed by atoms with Crippen LogP contribution in [0.25, 0.3) is 0 Å². The maximum atomic E-state index is 13.0. The summed E-state index contributed by atoms with van der Waals surface area (Å²) in [6.07, 6.45) is 3.03. The van der Waals surface area contributed by atoms with Crippen LogP contribution in [0.15, 0.2) is 60.7 Å². The first-order valence-electron chi connectivity index (χ1n) is 11.1. The van der Waals surface area contributed by atoms with Gasteiger partial charge in [-0.1, -0.05) is 74.5 Å². The van der Waals surface area contributed by atoms with E-state index in [0.29, 0.717) is 19.3 Å². The summed E-state index contributed by atoms with van der Waals surface area (Å²) >= 11 is 0. The van der Waals surface area contributed by atoms with E-state index in [2.05, 4.69) is 5.32 Å². The van der Waals surface area contributed by atoms with Gasteiger partial charge >= 0.3 is 7.12 Å². The lowest BCUT2D eigenvalue weighted by atomic mass is 9.74. The molecule has 5 nitrogen and oxygen atoms in total. The van der Waals surface area contributed by atoms with Crippen LogP contribution >= 0.6 is 0 Å². The quantitative estimate of drug-likeness (QED) is 0.431. The molecule has 0 aromatic heterocycles. The first kappa shape index (κ1) is 24.8. The summed E-state index contributed by atoms with van der Waals surface area (Å²) in [7, 11) is -1.63. The Balaban J connectivity index is 1.99. The van der Waals surface area contributed by atoms with Crippen LogP contribution < -0.4 is 5.32 Å². The van der Waals surface area contributed by atoms with Gasteiger partial charge in [0.2, 0.25) is 5.91 Å². The highest BCUT2D eigenvalue weighted by Crippen LogP contribution is 2.17. The molecule has 0 spiro atoms. The topological polar surface area (TPSA) is 86.6 Å². The van der Waals surface area contributed by atoms with E-state index in [-0.39, 0.29) is 24.0 Å². The van der Waals surface area contributed by atoms with Crippen molar-refractivity contribution >= 4 is 18.8 Å². The van der Waals surface area contributed by atoms with Gasteiger partial charge in [-0.15, -0.1) is 0 Å². The molecule has 0 aliphatic heterocycles. The minimum absolute atomic E-state index is 0.0527. The molecular formula is C25H34BNO4. The predicted molar refractivity (Wildman–Crippen MR) is 124 cm³/mol. The molecule has 0 saturated carbocycles. The summed E-state index contributed by atoms with van der Waals surface area (Å²) in [6.45, 7) is 3.92. The zero-order chi connectivity index (χ0) is 22.6. The van der Waals surface area contributed by atoms with Crippen molar-refractivity contribution in [1.82, 2.24) is 5.32 Å². The number of aryl methyl sites for hydroxylation is 1. The molecule has 0 aliphatic carbocycles. The molecule has 31 heavy (non-hydrogen) atoms. The van der Waals surface area contributed by atoms with Gasteiger partial charge in [-0.2, -0.15) is 0 Å². The second-order valence-electron chi connectivity index (χ2n) is 8.63. The maximum Gasteiger partial charge on any atom is 0.475 e. The molecule has 2 aromatic rings. The van der Waals surface area contributed by atoms with Crippen LogP contribution in [-0.2, 0) is 22.4 Å². The fraction of sp³-hybridized carbons (Fsp3) is 0.440. The highest BCUT2D eigenvalue weighted by molar-refractivity contribution is 6.43. The first-order chi connectivity index (χ1) is 14.8. The molecule has 166 valence electrons. The van der Waals surface area contributed by atoms with E-state index in [9.17, 15) is 19.6 Å². The molecule has 3 N–H and O–H groups in total. The van der Waals surface area contributed by atoms with Crippen molar-refractivity contribution in [2.75, 3.05) is 0 Å². The molecule has 0 saturated heterocycles. The third-order valence-electron chi connectivity index (χ3n) is 5.35. The molecule has 0 unspecified atom stereocenters. The average molecular weight is 423 g/mol. The number of carbonyl (C=O) groups is 2. The second-order valence-corrected chi connectivity index (χ2v) is 8.63. The summed E-state index contributed by atoms with van der Waals surface area (Å²) in [5.41, 5.74) is 2.17. The summed E-state index contributed by atoms with van der Waals surface area (Å²) in [5.74, 6) is -1.35. The number of carbonyl (C=O) groups excluding carboxylic acids is 2. The number of hydrogen-bond acceptors (Lipinski definition) is 4. The molecule has 0 bridgehead atoms. The number of hydrogen-bond donors (Lipinski definition) is 3. The lowest BCUT2D eigenvalue weighted by molar-refractivity contribution is -0.129. The molecule has 6 heteroatoms. The highest BCUT2D eigenvalue weighted by Gasteiger charge is 2.30. The van der Waals surface area contributed by atoms with Gasteiger partial charge in [0.25, 0.3) is 0 Å². The van der Waals surface area contributed by atoms with E-state index in [1.165, 1.54) is 5.56 Å². The standard InChI is InChI=1S/C25H34BNO4/c1-19(2)16-24(26(30)31)27-25(29)22(17-21-12-7-4-8-13-21)18-23(28)15-9-14-20-10-5-3-6-11-20/h3-8,10-13,19,22,24,30-31H,9,14-18H2,1-2H3,(H,27,29)/t22-,24+/m1/s1. The Bertz CT molecular complexity index is 796. The summed E-state index contributed by atoms with van der Waals surface area (Å²) in [4.78, 5) is 25.6. The third kappa shape index (κ3) is 9.49. The van der Waals surface area contributed by atoms with Crippen molar-refractivity contribution in [3.05, 3.63) is 71.8 Å². The van der Waals surface area contributed by atoms with Crippen molar-refractivity contribution < 1.29 is 19.6 Å². The van der Waals surface area contributed by atoms with Crippen molar-refractivity contribution in [2.45, 2.75) is 58.3 Å². The van der Waals surface area contributed by atoms with Gasteiger partial charge in [0.15, 0.2) is 0 Å². The Morgan fingerprint density at radius 3 is 2.06 bits per heavy atom. The zero-order valence-electron chi connectivity index (χ0n) is 18.5. The lowest BCUT2D eigenvalue weighted by Crippen LogP contribution is -2.49. The molecule has 0 fully saturated rings. The van der Waals surface area contributed by atoms with Crippen LogP contribution in [0.2, 0.25) is 0 Å². The van der Waals surface area contributed by atoms with Crippen LogP contribution in [0.3, 0.4) is 0 Å². The number of rotatable bonds is 13. The van der Waals surface area contributed by atoms with Crippen molar-refractivity contribution in [3.8, 4) is 0 Å². The van der Waals surface area contributed by atoms with E-state index in [1.807, 2.05) is 74.5 Å². The van der Waals surface area contributed by atoms with Crippen LogP contribution in [0.4, 0.5) is 0 Å². The normalized spacial score (nSPS) is 12.9. The molecule has 0 radical (unpaired) electrons. The zero-order valence-corrected chi connectivity index (χ0v) is 18.5. The summed E-state index contributed by atoms with van der Waals surface area (Å²) in [5, 5.41) is 22.1. The number of benzene rings is 2. The second kappa shape index (κ2) is 13.1. The van der Waals surface area contributed by atoms with Gasteiger partial charge in [-0.3, -0.25) is 9.59 Å². The Hall–Kier alpha value is -2.44. The molecule has 0 heterocycles. The minimum Gasteiger partial charge on any atom is -0.426 e. The van der Waals surface area contributed by atoms with Crippen molar-refractivity contribution in [2.24, 2.45) is 11.8 Å². The van der Waals surface area contributed by atoms with Gasteiger partial charge in [0, 0.05) is 18.8 Å². The lowest BCUT2D eigenvalue weighted by Gasteiger charge is -2.23. The first-order valence-corrected chi connectivity index (χ1v) is 11.1. The van der Waals surface area contributed by atoms with Crippen LogP contribution in [0, 0.1) is 11.8 Å². The molecule has 2 rings (SSSR count). The maximum absolute atomic E-state index is 13.0. The fourth-order valence-electron chi connectivity index (χ4n) is 3.73. The largest absolute Gasteiger partial charge is 0.475 e. The van der Waals surface area contributed by atoms with Gasteiger partial charge in [0.1, 0.15) is 5.78 Å². The van der Waals surface area contributed by atoms with Crippen LogP contribution in [0.1, 0.15) is 50.7 Å². The van der Waals surface area contributed by atoms with Crippen LogP contribution in [-0.4, -0.2) is 34.8 Å². The Morgan fingerprint density at radius 1 is 0.935 bits per heavy atom. The minimum atomic E-state index is -1.63. The summed E-state index contributed by atoms with van der Waals surface area (Å²) < 4.78 is 0. The van der Waals surface area contributed by atoms with E-state index < -0.39 is 19.0 Å². The highest BCUT2D eigenvalue weighted by atomic mass is 16.4. The van der Waals surface area contributed by atoms with E-state index in [0.717, 1.165) is 18.4 Å². The average Bonchev–Trinajstić information content (AvgIpc) is 2.74. The Kier molecular flexibility index (Phi) is 10.5. The Labute approximate surface area is 186 Å². The number of ketones is 1. The monoisotopic (exact) mass is 423 g/mol. The molecule has 2 atom stereocenters. The third-order valence-corrected chi connectivity index (χ3v) is 5.35. The number of amides is 1. The molecule has 2 aromatic carbocycles. The predicted octanol–water partition coefficient (Wildman–Crippen LogP) is 3.37. The van der Waals surface area contributed by atoms with Crippen molar-refractivity contribution in [3.63, 3.8) is 0 Å². The van der Waals surface area contributed by atoms with Gasteiger partial charge < -0.3 is 15.4 Å². The molecule has 0 aliphatic rings. The number of nitrogens with one attached hydrogen (secondary N) is 1. The molecular weight excluding hydrogens is 389 g/mol. The van der Waals surface area contributed by atoms with Crippen molar-refractivity contribution in [1.29, 1.82) is 0 Å². The number of Topliss-reactive ketones (excluding diaryl/α,β-unsaturated/α-hetero) is 1. The fourth-order valence-corrected chi connectivity index (χ4v) is 3.73. The molecule has 1 amide bonds. The van der Waals surface area contributed by atoms with Gasteiger partial charge in [-0.05, 0) is 42.7 Å². The van der Waals surface area contributed by atoms with Crippen LogP contribution in [0.5, 0.6) is 0 Å². The summed E-state index contributed by atoms with van der Waals surface area (Å²) in [6, 6.07) is 19.6. The van der Waals surface area contributed by atoms with Gasteiger partial charge in [-0.25, -0.2) is 0 Å². The van der Waals surface area contributed by atoms with Gasteiger partial charge in [0.05, 0.1) is 5.94 Å². The van der Waals surface area contributed by atoms with E-state index in [1.54, 1.807) is 0 Å². The smallest absolute Gasteiger partial charge is 0.426 e. The Morgan fingerprint density at radius 2 is 1.52 bits per heavy atom. The SMILES string of the molecule is CC(C)C[C@H](NC(=O)[C@@H](CC(=O)CCCc1ccccc1)Cc1ccccc1)B(O)O.